The van der Waals surface area contributed by atoms with Gasteiger partial charge in [-0.2, -0.15) is 0 Å². The molecule has 0 unspecified atom stereocenters. The number of allylic oxidation sites excluding steroid dienone is 2. The van der Waals surface area contributed by atoms with Gasteiger partial charge in [0, 0.05) is 6.42 Å². The number of hydrogen-bond acceptors (Lipinski definition) is 2. The summed E-state index contributed by atoms with van der Waals surface area (Å²) in [5.41, 5.74) is 3.42. The van der Waals surface area contributed by atoms with Gasteiger partial charge < -0.3 is 5.11 Å². The number of benzene rings is 1. The van der Waals surface area contributed by atoms with Crippen LogP contribution in [0, 0.1) is 22.7 Å². The molecule has 1 N–H and O–H groups in total. The predicted molar refractivity (Wildman–Crippen MR) is 87.1 cm³/mol. The summed E-state index contributed by atoms with van der Waals surface area (Å²) in [7, 11) is 0. The van der Waals surface area contributed by atoms with Crippen LogP contribution < -0.4 is 0 Å². The fourth-order valence-electron chi connectivity index (χ4n) is 5.83. The molecule has 116 valence electrons. The van der Waals surface area contributed by atoms with Crippen LogP contribution in [0.5, 0.6) is 0 Å². The number of carbonyl (C=O) groups excluding carboxylic acids is 1. The highest BCUT2D eigenvalue weighted by atomic mass is 16.3. The minimum Gasteiger partial charge on any atom is -0.388 e. The Morgan fingerprint density at radius 3 is 2.68 bits per heavy atom. The Bertz CT molecular complexity index is 685. The Morgan fingerprint density at radius 1 is 1.18 bits per heavy atom. The van der Waals surface area contributed by atoms with Crippen LogP contribution in [-0.2, 0) is 4.79 Å². The van der Waals surface area contributed by atoms with Gasteiger partial charge >= 0.3 is 0 Å². The van der Waals surface area contributed by atoms with Crippen LogP contribution in [0.2, 0.25) is 0 Å². The van der Waals surface area contributed by atoms with Gasteiger partial charge in [-0.05, 0) is 58.3 Å². The van der Waals surface area contributed by atoms with E-state index in [1.807, 2.05) is 24.3 Å². The molecule has 1 fully saturated rings. The second-order valence-corrected chi connectivity index (χ2v) is 8.62. The Morgan fingerprint density at radius 2 is 1.91 bits per heavy atom. The molecule has 2 nitrogen and oxygen atoms in total. The number of aliphatic hydroxyl groups excluding tert-OH is 1. The Kier molecular flexibility index (Phi) is 2.79. The topological polar surface area (TPSA) is 37.3 Å². The maximum atomic E-state index is 12.4. The lowest BCUT2D eigenvalue weighted by Crippen LogP contribution is -2.50. The normalized spacial score (nSPS) is 38.8. The molecule has 0 aromatic heterocycles. The van der Waals surface area contributed by atoms with E-state index < -0.39 is 6.10 Å². The number of ketones is 1. The van der Waals surface area contributed by atoms with E-state index in [2.05, 4.69) is 26.8 Å². The van der Waals surface area contributed by atoms with Crippen LogP contribution in [-0.4, -0.2) is 10.9 Å². The summed E-state index contributed by atoms with van der Waals surface area (Å²) < 4.78 is 0. The molecule has 0 saturated heterocycles. The third-order valence-corrected chi connectivity index (χ3v) is 6.08. The molecule has 0 spiro atoms. The molecule has 4 atom stereocenters. The summed E-state index contributed by atoms with van der Waals surface area (Å²) in [6.45, 7) is 6.82. The fraction of sp³-hybridized carbons (Fsp3) is 0.550. The first-order valence-corrected chi connectivity index (χ1v) is 8.33. The van der Waals surface area contributed by atoms with Gasteiger partial charge in [0.05, 0.1) is 6.10 Å². The number of rotatable bonds is 0. The van der Waals surface area contributed by atoms with Crippen molar-refractivity contribution in [2.75, 3.05) is 0 Å². The van der Waals surface area contributed by atoms with Gasteiger partial charge in [0.15, 0.2) is 5.78 Å². The van der Waals surface area contributed by atoms with Crippen molar-refractivity contribution in [3.8, 4) is 0 Å². The van der Waals surface area contributed by atoms with Crippen LogP contribution in [0.4, 0.5) is 0 Å². The molecule has 1 saturated carbocycles. The van der Waals surface area contributed by atoms with Crippen LogP contribution in [0.25, 0.3) is 5.57 Å². The average molecular weight is 296 g/mol. The Labute approximate surface area is 132 Å². The minimum absolute atomic E-state index is 0.0257. The molecule has 22 heavy (non-hydrogen) atoms. The van der Waals surface area contributed by atoms with E-state index in [9.17, 15) is 9.90 Å². The zero-order valence-electron chi connectivity index (χ0n) is 13.6. The summed E-state index contributed by atoms with van der Waals surface area (Å²) in [4.78, 5) is 12.4. The first-order valence-electron chi connectivity index (χ1n) is 8.33. The van der Waals surface area contributed by atoms with E-state index in [0.717, 1.165) is 24.0 Å². The molecule has 1 aromatic carbocycles. The van der Waals surface area contributed by atoms with Crippen LogP contribution in [0.3, 0.4) is 0 Å². The molecule has 4 rings (SSSR count). The van der Waals surface area contributed by atoms with Crippen molar-refractivity contribution >= 4 is 11.4 Å². The average Bonchev–Trinajstić information content (AvgIpc) is 2.41. The SMILES string of the molecule is CC1(C)C[C@H]2[C@@H](O)c3ccccc3C3=CC(=O)C[C@@](C)(C1)[C@@H]32. The van der Waals surface area contributed by atoms with E-state index in [4.69, 9.17) is 0 Å². The molecule has 0 aliphatic heterocycles. The van der Waals surface area contributed by atoms with Gasteiger partial charge in [0.25, 0.3) is 0 Å². The molecule has 0 bridgehead atoms. The van der Waals surface area contributed by atoms with Gasteiger partial charge in [0.1, 0.15) is 0 Å². The highest BCUT2D eigenvalue weighted by Crippen LogP contribution is 2.64. The first kappa shape index (κ1) is 14.2. The lowest BCUT2D eigenvalue weighted by molar-refractivity contribution is -0.123. The summed E-state index contributed by atoms with van der Waals surface area (Å²) in [5.74, 6) is 0.780. The smallest absolute Gasteiger partial charge is 0.156 e. The van der Waals surface area contributed by atoms with Crippen LogP contribution >= 0.6 is 0 Å². The third kappa shape index (κ3) is 1.86. The molecule has 2 heteroatoms. The van der Waals surface area contributed by atoms with Gasteiger partial charge in [-0.3, -0.25) is 4.79 Å². The lowest BCUT2D eigenvalue weighted by Gasteiger charge is -2.57. The molecule has 0 radical (unpaired) electrons. The van der Waals surface area contributed by atoms with E-state index >= 15 is 0 Å². The van der Waals surface area contributed by atoms with Gasteiger partial charge in [-0.25, -0.2) is 0 Å². The third-order valence-electron chi connectivity index (χ3n) is 6.08. The molecule has 1 aromatic rings. The van der Waals surface area contributed by atoms with Crippen molar-refractivity contribution in [1.29, 1.82) is 0 Å². The van der Waals surface area contributed by atoms with Gasteiger partial charge in [0.2, 0.25) is 0 Å². The number of fused-ring (bicyclic) bond motifs is 2. The van der Waals surface area contributed by atoms with Crippen molar-refractivity contribution < 1.29 is 9.90 Å². The number of carbonyl (C=O) groups is 1. The standard InChI is InChI=1S/C20H24O2/c1-19(2)10-16-17-15(8-12(21)9-20(17,3)11-19)13-6-4-5-7-14(13)18(16)22/h4-8,16-18,22H,9-11H2,1-3H3/t16-,17+,18+,20+/m1/s1. The summed E-state index contributed by atoms with van der Waals surface area (Å²) in [5, 5.41) is 11.0. The largest absolute Gasteiger partial charge is 0.388 e. The van der Waals surface area contributed by atoms with Gasteiger partial charge in [-0.15, -0.1) is 0 Å². The summed E-state index contributed by atoms with van der Waals surface area (Å²) in [6.07, 6.45) is 4.15. The summed E-state index contributed by atoms with van der Waals surface area (Å²) >= 11 is 0. The monoisotopic (exact) mass is 296 g/mol. The highest BCUT2D eigenvalue weighted by molar-refractivity contribution is 6.00. The maximum absolute atomic E-state index is 12.4. The molecular formula is C20H24O2. The number of hydrogen-bond donors (Lipinski definition) is 1. The van der Waals surface area contributed by atoms with E-state index in [1.54, 1.807) is 0 Å². The van der Waals surface area contributed by atoms with Crippen LogP contribution in [0.15, 0.2) is 30.3 Å². The molecule has 0 heterocycles. The lowest BCUT2D eigenvalue weighted by atomic mass is 9.47. The quantitative estimate of drug-likeness (QED) is 0.781. The van der Waals surface area contributed by atoms with Crippen molar-refractivity contribution in [2.45, 2.75) is 46.1 Å². The zero-order chi connectivity index (χ0) is 15.7. The predicted octanol–water partition coefficient (Wildman–Crippen LogP) is 4.15. The maximum Gasteiger partial charge on any atom is 0.156 e. The highest BCUT2D eigenvalue weighted by Gasteiger charge is 2.56. The van der Waals surface area contributed by atoms with Crippen molar-refractivity contribution in [3.63, 3.8) is 0 Å². The van der Waals surface area contributed by atoms with E-state index in [0.29, 0.717) is 12.3 Å². The zero-order valence-corrected chi connectivity index (χ0v) is 13.6. The Balaban J connectivity index is 1.96. The first-order chi connectivity index (χ1) is 10.3. The molecule has 0 amide bonds. The van der Waals surface area contributed by atoms with Crippen LogP contribution in [0.1, 0.15) is 57.3 Å². The van der Waals surface area contributed by atoms with Crippen molar-refractivity contribution in [3.05, 3.63) is 41.5 Å². The van der Waals surface area contributed by atoms with E-state index in [1.165, 1.54) is 5.57 Å². The molecular weight excluding hydrogens is 272 g/mol. The molecule has 3 aliphatic rings. The van der Waals surface area contributed by atoms with E-state index in [-0.39, 0.29) is 22.5 Å². The van der Waals surface area contributed by atoms with Crippen molar-refractivity contribution in [2.24, 2.45) is 22.7 Å². The fourth-order valence-corrected chi connectivity index (χ4v) is 5.83. The van der Waals surface area contributed by atoms with Crippen molar-refractivity contribution in [1.82, 2.24) is 0 Å². The molecule has 3 aliphatic carbocycles. The second-order valence-electron chi connectivity index (χ2n) is 8.62. The minimum atomic E-state index is -0.412. The summed E-state index contributed by atoms with van der Waals surface area (Å²) in [6, 6.07) is 8.09. The number of aliphatic hydroxyl groups is 1. The second kappa shape index (κ2) is 4.32. The Hall–Kier alpha value is -1.41. The van der Waals surface area contributed by atoms with Gasteiger partial charge in [-0.1, -0.05) is 45.0 Å².